The fourth-order valence-electron chi connectivity index (χ4n) is 1.40. The molecule has 1 aromatic heterocycles. The second kappa shape index (κ2) is 4.32. The molecule has 5 heteroatoms. The van der Waals surface area contributed by atoms with E-state index in [1.165, 1.54) is 19.2 Å². The van der Waals surface area contributed by atoms with E-state index < -0.39 is 0 Å². The summed E-state index contributed by atoms with van der Waals surface area (Å²) in [4.78, 5) is 4.81. The lowest BCUT2D eigenvalue weighted by molar-refractivity contribution is 0.270. The zero-order chi connectivity index (χ0) is 11.5. The monoisotopic (exact) mass is 221 g/mol. The summed E-state index contributed by atoms with van der Waals surface area (Å²) < 4.78 is 14.4. The molecule has 0 aliphatic carbocycles. The third-order valence-electron chi connectivity index (χ3n) is 2.20. The fraction of sp³-hybridized carbons (Fsp3) is 0.182. The van der Waals surface area contributed by atoms with E-state index in [0.29, 0.717) is 0 Å². The molecule has 0 saturated heterocycles. The van der Waals surface area contributed by atoms with Crippen LogP contribution in [0.25, 0.3) is 5.69 Å². The Morgan fingerprint density at radius 3 is 2.62 bits per heavy atom. The number of rotatable bonds is 3. The Kier molecular flexibility index (Phi) is 2.87. The molecule has 0 bridgehead atoms. The van der Waals surface area contributed by atoms with E-state index >= 15 is 0 Å². The number of hydrogen-bond acceptors (Lipinski definition) is 3. The third kappa shape index (κ3) is 2.04. The molecule has 16 heavy (non-hydrogen) atoms. The molecule has 1 N–H and O–H groups in total. The molecule has 0 amide bonds. The Labute approximate surface area is 92.6 Å². The highest BCUT2D eigenvalue weighted by Gasteiger charge is 2.05. The van der Waals surface area contributed by atoms with Crippen LogP contribution in [0.15, 0.2) is 30.5 Å². The molecule has 0 atom stereocenters. The molecule has 0 radical (unpaired) electrons. The van der Waals surface area contributed by atoms with Crippen molar-refractivity contribution in [2.24, 2.45) is 0 Å². The average molecular weight is 221 g/mol. The van der Waals surface area contributed by atoms with Crippen LogP contribution in [-0.2, 0) is 4.84 Å². The Morgan fingerprint density at radius 1 is 1.31 bits per heavy atom. The number of benzene rings is 1. The van der Waals surface area contributed by atoms with Crippen LogP contribution in [-0.4, -0.2) is 16.9 Å². The van der Waals surface area contributed by atoms with Crippen molar-refractivity contribution in [1.82, 2.24) is 9.78 Å². The van der Waals surface area contributed by atoms with Crippen LogP contribution in [0.1, 0.15) is 5.69 Å². The summed E-state index contributed by atoms with van der Waals surface area (Å²) in [5.41, 5.74) is 5.11. The maximum Gasteiger partial charge on any atom is 0.123 e. The van der Waals surface area contributed by atoms with Crippen molar-refractivity contribution in [3.05, 3.63) is 42.0 Å². The topological polar surface area (TPSA) is 39.1 Å². The molecule has 84 valence electrons. The highest BCUT2D eigenvalue weighted by Crippen LogP contribution is 2.16. The Bertz CT molecular complexity index is 478. The molecule has 0 unspecified atom stereocenters. The molecule has 2 rings (SSSR count). The van der Waals surface area contributed by atoms with Gasteiger partial charge in [-0.25, -0.2) is 9.07 Å². The van der Waals surface area contributed by atoms with E-state index in [-0.39, 0.29) is 5.82 Å². The molecular formula is C11H12FN3O. The lowest BCUT2D eigenvalue weighted by Gasteiger charge is -2.00. The number of halogens is 1. The first-order valence-corrected chi connectivity index (χ1v) is 4.82. The van der Waals surface area contributed by atoms with Gasteiger partial charge in [-0.3, -0.25) is 10.3 Å². The van der Waals surface area contributed by atoms with Gasteiger partial charge in [0.25, 0.3) is 0 Å². The Hall–Kier alpha value is -1.88. The minimum Gasteiger partial charge on any atom is -0.279 e. The molecule has 0 aliphatic heterocycles. The van der Waals surface area contributed by atoms with Crippen LogP contribution in [0.2, 0.25) is 0 Å². The maximum absolute atomic E-state index is 12.7. The van der Waals surface area contributed by atoms with Crippen molar-refractivity contribution in [2.45, 2.75) is 6.92 Å². The van der Waals surface area contributed by atoms with E-state index in [1.807, 2.05) is 6.92 Å². The molecule has 0 fully saturated rings. The summed E-state index contributed by atoms with van der Waals surface area (Å²) >= 11 is 0. The molecule has 0 saturated carbocycles. The van der Waals surface area contributed by atoms with Crippen LogP contribution in [0.5, 0.6) is 0 Å². The van der Waals surface area contributed by atoms with Gasteiger partial charge in [-0.2, -0.15) is 5.10 Å². The number of aryl methyl sites for hydroxylation is 1. The van der Waals surface area contributed by atoms with Crippen molar-refractivity contribution in [2.75, 3.05) is 12.6 Å². The lowest BCUT2D eigenvalue weighted by atomic mass is 10.3. The van der Waals surface area contributed by atoms with Gasteiger partial charge in [-0.05, 0) is 31.2 Å². The van der Waals surface area contributed by atoms with E-state index in [2.05, 4.69) is 10.6 Å². The van der Waals surface area contributed by atoms with Gasteiger partial charge in [0.2, 0.25) is 0 Å². The number of nitrogens with one attached hydrogen (secondary N) is 1. The number of nitrogens with zero attached hydrogens (tertiary/aromatic N) is 2. The summed E-state index contributed by atoms with van der Waals surface area (Å²) in [6.45, 7) is 1.86. The Morgan fingerprint density at radius 2 is 2.00 bits per heavy atom. The molecule has 4 nitrogen and oxygen atoms in total. The predicted molar refractivity (Wildman–Crippen MR) is 58.9 cm³/mol. The highest BCUT2D eigenvalue weighted by molar-refractivity contribution is 5.46. The van der Waals surface area contributed by atoms with Gasteiger partial charge in [0.15, 0.2) is 0 Å². The quantitative estimate of drug-likeness (QED) is 0.808. The zero-order valence-corrected chi connectivity index (χ0v) is 9.07. The van der Waals surface area contributed by atoms with Crippen LogP contribution >= 0.6 is 0 Å². The Balaban J connectivity index is 2.33. The molecule has 1 aromatic carbocycles. The number of hydrogen-bond donors (Lipinski definition) is 1. The van der Waals surface area contributed by atoms with E-state index in [9.17, 15) is 4.39 Å². The van der Waals surface area contributed by atoms with Gasteiger partial charge in [0.1, 0.15) is 11.5 Å². The fourth-order valence-corrected chi connectivity index (χ4v) is 1.40. The molecule has 0 spiro atoms. The van der Waals surface area contributed by atoms with Gasteiger partial charge in [0, 0.05) is 0 Å². The van der Waals surface area contributed by atoms with Gasteiger partial charge in [-0.1, -0.05) is 0 Å². The smallest absolute Gasteiger partial charge is 0.123 e. The summed E-state index contributed by atoms with van der Waals surface area (Å²) in [5.74, 6) is -0.261. The second-order valence-corrected chi connectivity index (χ2v) is 3.36. The van der Waals surface area contributed by atoms with E-state index in [4.69, 9.17) is 4.84 Å². The van der Waals surface area contributed by atoms with E-state index in [1.54, 1.807) is 23.0 Å². The first-order chi connectivity index (χ1) is 7.70. The molecular weight excluding hydrogens is 209 g/mol. The van der Waals surface area contributed by atoms with Crippen molar-refractivity contribution in [3.63, 3.8) is 0 Å². The van der Waals surface area contributed by atoms with Crippen molar-refractivity contribution >= 4 is 5.69 Å². The highest BCUT2D eigenvalue weighted by atomic mass is 19.1. The second-order valence-electron chi connectivity index (χ2n) is 3.36. The maximum atomic E-state index is 12.7. The van der Waals surface area contributed by atoms with Crippen LogP contribution in [0.4, 0.5) is 10.1 Å². The zero-order valence-electron chi connectivity index (χ0n) is 9.07. The minimum absolute atomic E-state index is 0.261. The van der Waals surface area contributed by atoms with Gasteiger partial charge in [0.05, 0.1) is 24.7 Å². The minimum atomic E-state index is -0.261. The predicted octanol–water partition coefficient (Wildman–Crippen LogP) is 2.29. The van der Waals surface area contributed by atoms with Crippen LogP contribution in [0.3, 0.4) is 0 Å². The first-order valence-electron chi connectivity index (χ1n) is 4.82. The molecule has 0 aliphatic rings. The SMILES string of the molecule is CONc1cn(-c2ccc(F)cc2)nc1C. The largest absolute Gasteiger partial charge is 0.279 e. The summed E-state index contributed by atoms with van der Waals surface area (Å²) in [6.07, 6.45) is 1.78. The normalized spacial score (nSPS) is 10.4. The molecule has 1 heterocycles. The molecule has 2 aromatic rings. The standard InChI is InChI=1S/C11H12FN3O/c1-8-11(14-16-2)7-15(13-8)10-5-3-9(12)4-6-10/h3-7,14H,1-2H3. The van der Waals surface area contributed by atoms with Crippen molar-refractivity contribution in [1.29, 1.82) is 0 Å². The van der Waals surface area contributed by atoms with Gasteiger partial charge >= 0.3 is 0 Å². The van der Waals surface area contributed by atoms with Gasteiger partial charge < -0.3 is 0 Å². The summed E-state index contributed by atoms with van der Waals surface area (Å²) in [6, 6.07) is 6.13. The van der Waals surface area contributed by atoms with Crippen molar-refractivity contribution in [3.8, 4) is 5.69 Å². The average Bonchev–Trinajstić information content (AvgIpc) is 2.62. The third-order valence-corrected chi connectivity index (χ3v) is 2.20. The number of anilines is 1. The van der Waals surface area contributed by atoms with E-state index in [0.717, 1.165) is 17.1 Å². The van der Waals surface area contributed by atoms with Crippen LogP contribution in [0, 0.1) is 12.7 Å². The summed E-state index contributed by atoms with van der Waals surface area (Å²) in [5, 5.41) is 4.28. The summed E-state index contributed by atoms with van der Waals surface area (Å²) in [7, 11) is 1.54. The van der Waals surface area contributed by atoms with Gasteiger partial charge in [-0.15, -0.1) is 0 Å². The van der Waals surface area contributed by atoms with Crippen molar-refractivity contribution < 1.29 is 9.23 Å². The first kappa shape index (κ1) is 10.6. The van der Waals surface area contributed by atoms with Crippen LogP contribution < -0.4 is 5.48 Å². The number of aromatic nitrogens is 2. The lowest BCUT2D eigenvalue weighted by Crippen LogP contribution is -1.95.